The Kier molecular flexibility index (Phi) is 6.03. The fraction of sp³-hybridized carbons (Fsp3) is 0.267. The van der Waals surface area contributed by atoms with Crippen LogP contribution in [0.3, 0.4) is 0 Å². The maximum Gasteiger partial charge on any atom is 0.276 e. The van der Waals surface area contributed by atoms with E-state index in [2.05, 4.69) is 22.2 Å². The van der Waals surface area contributed by atoms with Gasteiger partial charge in [0.2, 0.25) is 0 Å². The van der Waals surface area contributed by atoms with Gasteiger partial charge in [0.15, 0.2) is 10.9 Å². The number of rotatable bonds is 6. The van der Waals surface area contributed by atoms with Gasteiger partial charge in [-0.1, -0.05) is 42.4 Å². The lowest BCUT2D eigenvalue weighted by Gasteiger charge is -2.10. The number of thioether (sulfide) groups is 1. The van der Waals surface area contributed by atoms with E-state index in [0.29, 0.717) is 16.6 Å². The summed E-state index contributed by atoms with van der Waals surface area (Å²) in [6.45, 7) is 2.07. The first-order valence-corrected chi connectivity index (χ1v) is 8.11. The lowest BCUT2D eigenvalue weighted by atomic mass is 10.2. The van der Waals surface area contributed by atoms with Crippen molar-refractivity contribution in [1.29, 1.82) is 0 Å². The number of halogens is 1. The van der Waals surface area contributed by atoms with Gasteiger partial charge in [0.05, 0.1) is 24.0 Å². The van der Waals surface area contributed by atoms with Gasteiger partial charge in [-0.3, -0.25) is 4.79 Å². The molecule has 0 saturated heterocycles. The van der Waals surface area contributed by atoms with Crippen LogP contribution in [0, 0.1) is 0 Å². The number of nitrogens with one attached hydrogen (secondary N) is 1. The standard InChI is InChI=1S/C15H16ClN3O2S/c1-3-8-22-15-17-9-10(16)13(19-15)14(20)18-11-6-4-5-7-12(11)21-2/h4-7,9H,3,8H2,1-2H3,(H,18,20). The van der Waals surface area contributed by atoms with Crippen LogP contribution in [0.2, 0.25) is 5.02 Å². The lowest BCUT2D eigenvalue weighted by molar-refractivity contribution is 0.102. The number of para-hydroxylation sites is 2. The van der Waals surface area contributed by atoms with Gasteiger partial charge in [-0.05, 0) is 18.6 Å². The first-order chi connectivity index (χ1) is 10.7. The first-order valence-electron chi connectivity index (χ1n) is 6.75. The van der Waals surface area contributed by atoms with Crippen molar-refractivity contribution in [2.45, 2.75) is 18.5 Å². The molecule has 0 saturated carbocycles. The number of hydrogen-bond acceptors (Lipinski definition) is 5. The maximum atomic E-state index is 12.4. The first kappa shape index (κ1) is 16.6. The molecule has 1 heterocycles. The number of amides is 1. The summed E-state index contributed by atoms with van der Waals surface area (Å²) in [7, 11) is 1.54. The quantitative estimate of drug-likeness (QED) is 0.640. The molecule has 7 heteroatoms. The average Bonchev–Trinajstić information content (AvgIpc) is 2.54. The van der Waals surface area contributed by atoms with Crippen molar-refractivity contribution < 1.29 is 9.53 Å². The molecule has 0 spiro atoms. The SMILES string of the molecule is CCCSc1ncc(Cl)c(C(=O)Nc2ccccc2OC)n1. The van der Waals surface area contributed by atoms with E-state index in [1.54, 1.807) is 19.2 Å². The molecule has 1 aromatic heterocycles. The third-order valence-electron chi connectivity index (χ3n) is 2.73. The molecule has 22 heavy (non-hydrogen) atoms. The van der Waals surface area contributed by atoms with Crippen LogP contribution in [-0.2, 0) is 0 Å². The zero-order chi connectivity index (χ0) is 15.9. The van der Waals surface area contributed by atoms with Crippen LogP contribution < -0.4 is 10.1 Å². The van der Waals surface area contributed by atoms with Crippen LogP contribution in [0.4, 0.5) is 5.69 Å². The number of carbonyl (C=O) groups excluding carboxylic acids is 1. The Labute approximate surface area is 138 Å². The molecule has 0 aliphatic heterocycles. The minimum absolute atomic E-state index is 0.154. The number of aromatic nitrogens is 2. The minimum atomic E-state index is -0.393. The Bertz CT molecular complexity index is 667. The highest BCUT2D eigenvalue weighted by atomic mass is 35.5. The number of nitrogens with zero attached hydrogens (tertiary/aromatic N) is 2. The molecule has 2 rings (SSSR count). The Balaban J connectivity index is 2.21. The molecule has 1 amide bonds. The number of methoxy groups -OCH3 is 1. The topological polar surface area (TPSA) is 64.1 Å². The summed E-state index contributed by atoms with van der Waals surface area (Å²) in [5, 5.41) is 3.51. The van der Waals surface area contributed by atoms with Gasteiger partial charge in [0.1, 0.15) is 5.75 Å². The van der Waals surface area contributed by atoms with E-state index >= 15 is 0 Å². The minimum Gasteiger partial charge on any atom is -0.495 e. The smallest absolute Gasteiger partial charge is 0.276 e. The van der Waals surface area contributed by atoms with Gasteiger partial charge in [-0.15, -0.1) is 0 Å². The van der Waals surface area contributed by atoms with Crippen LogP contribution in [0.5, 0.6) is 5.75 Å². The predicted molar refractivity (Wildman–Crippen MR) is 89.0 cm³/mol. The van der Waals surface area contributed by atoms with E-state index in [1.807, 2.05) is 12.1 Å². The van der Waals surface area contributed by atoms with Crippen LogP contribution in [0.25, 0.3) is 0 Å². The van der Waals surface area contributed by atoms with Crippen LogP contribution >= 0.6 is 23.4 Å². The Hall–Kier alpha value is -1.79. The Morgan fingerprint density at radius 1 is 1.41 bits per heavy atom. The molecule has 0 unspecified atom stereocenters. The van der Waals surface area contributed by atoms with Gasteiger partial charge >= 0.3 is 0 Å². The molecule has 1 N–H and O–H groups in total. The van der Waals surface area contributed by atoms with Crippen molar-refractivity contribution in [1.82, 2.24) is 9.97 Å². The van der Waals surface area contributed by atoms with Crippen molar-refractivity contribution >= 4 is 35.0 Å². The summed E-state index contributed by atoms with van der Waals surface area (Å²) < 4.78 is 5.20. The van der Waals surface area contributed by atoms with Gasteiger partial charge in [0, 0.05) is 5.75 Å². The van der Waals surface area contributed by atoms with Gasteiger partial charge in [-0.2, -0.15) is 0 Å². The highest BCUT2D eigenvalue weighted by molar-refractivity contribution is 7.99. The second kappa shape index (κ2) is 8.00. The normalized spacial score (nSPS) is 10.3. The molecule has 2 aromatic rings. The molecule has 0 fully saturated rings. The second-order valence-corrected chi connectivity index (χ2v) is 5.82. The molecule has 1 aromatic carbocycles. The molecule has 5 nitrogen and oxygen atoms in total. The fourth-order valence-corrected chi connectivity index (χ4v) is 2.55. The Morgan fingerprint density at radius 2 is 2.18 bits per heavy atom. The molecule has 0 aliphatic carbocycles. The molecule has 116 valence electrons. The fourth-order valence-electron chi connectivity index (χ4n) is 1.70. The zero-order valence-electron chi connectivity index (χ0n) is 12.3. The highest BCUT2D eigenvalue weighted by Gasteiger charge is 2.16. The van der Waals surface area contributed by atoms with E-state index in [1.165, 1.54) is 18.0 Å². The zero-order valence-corrected chi connectivity index (χ0v) is 13.9. The summed E-state index contributed by atoms with van der Waals surface area (Å²) in [6.07, 6.45) is 2.45. The molecular formula is C15H16ClN3O2S. The summed E-state index contributed by atoms with van der Waals surface area (Å²) in [6, 6.07) is 7.15. The summed E-state index contributed by atoms with van der Waals surface area (Å²) in [4.78, 5) is 20.7. The van der Waals surface area contributed by atoms with Gasteiger partial charge in [0.25, 0.3) is 5.91 Å². The third kappa shape index (κ3) is 4.11. The molecular weight excluding hydrogens is 322 g/mol. The van der Waals surface area contributed by atoms with Crippen molar-refractivity contribution in [2.24, 2.45) is 0 Å². The summed E-state index contributed by atoms with van der Waals surface area (Å²) >= 11 is 7.53. The second-order valence-electron chi connectivity index (χ2n) is 4.35. The van der Waals surface area contributed by atoms with Crippen molar-refractivity contribution in [3.05, 3.63) is 41.2 Å². The predicted octanol–water partition coefficient (Wildman–Crippen LogP) is 3.89. The molecule has 0 aliphatic rings. The highest BCUT2D eigenvalue weighted by Crippen LogP contribution is 2.25. The van der Waals surface area contributed by atoms with Crippen LogP contribution in [0.1, 0.15) is 23.8 Å². The van der Waals surface area contributed by atoms with E-state index in [0.717, 1.165) is 12.2 Å². The summed E-state index contributed by atoms with van der Waals surface area (Å²) in [5.41, 5.74) is 0.716. The van der Waals surface area contributed by atoms with Crippen LogP contribution in [-0.4, -0.2) is 28.7 Å². The lowest BCUT2D eigenvalue weighted by Crippen LogP contribution is -2.15. The number of carbonyl (C=O) groups is 1. The Morgan fingerprint density at radius 3 is 2.91 bits per heavy atom. The molecule has 0 atom stereocenters. The van der Waals surface area contributed by atoms with Crippen molar-refractivity contribution in [3.8, 4) is 5.75 Å². The van der Waals surface area contributed by atoms with Crippen LogP contribution in [0.15, 0.2) is 35.6 Å². The number of ether oxygens (including phenoxy) is 1. The molecule has 0 radical (unpaired) electrons. The van der Waals surface area contributed by atoms with Gasteiger partial charge in [-0.25, -0.2) is 9.97 Å². The van der Waals surface area contributed by atoms with E-state index < -0.39 is 5.91 Å². The summed E-state index contributed by atoms with van der Waals surface area (Å²) in [5.74, 6) is 1.06. The third-order valence-corrected chi connectivity index (χ3v) is 4.07. The maximum absolute atomic E-state index is 12.4. The van der Waals surface area contributed by atoms with Gasteiger partial charge < -0.3 is 10.1 Å². The number of anilines is 1. The monoisotopic (exact) mass is 337 g/mol. The van der Waals surface area contributed by atoms with Crippen molar-refractivity contribution in [2.75, 3.05) is 18.2 Å². The largest absolute Gasteiger partial charge is 0.495 e. The number of hydrogen-bond donors (Lipinski definition) is 1. The van der Waals surface area contributed by atoms with E-state index in [4.69, 9.17) is 16.3 Å². The van der Waals surface area contributed by atoms with Crippen molar-refractivity contribution in [3.63, 3.8) is 0 Å². The number of benzene rings is 1. The molecule has 0 bridgehead atoms. The average molecular weight is 338 g/mol. The van der Waals surface area contributed by atoms with E-state index in [-0.39, 0.29) is 10.7 Å². The van der Waals surface area contributed by atoms with E-state index in [9.17, 15) is 4.79 Å².